The zero-order valence-electron chi connectivity index (χ0n) is 12.0. The van der Waals surface area contributed by atoms with Gasteiger partial charge in [0.05, 0.1) is 0 Å². The summed E-state index contributed by atoms with van der Waals surface area (Å²) in [6.45, 7) is 16.9. The molecule has 17 heavy (non-hydrogen) atoms. The normalized spacial score (nSPS) is 29.6. The van der Waals surface area contributed by atoms with Crippen molar-refractivity contribution in [2.45, 2.75) is 52.2 Å². The van der Waals surface area contributed by atoms with E-state index in [0.29, 0.717) is 6.04 Å². The van der Waals surface area contributed by atoms with Crippen LogP contribution in [0, 0.1) is 0 Å². The van der Waals surface area contributed by atoms with E-state index >= 15 is 0 Å². The van der Waals surface area contributed by atoms with Crippen LogP contribution in [-0.2, 0) is 0 Å². The largest absolute Gasteiger partial charge is 0.299 e. The van der Waals surface area contributed by atoms with Gasteiger partial charge in [-0.1, -0.05) is 0 Å². The van der Waals surface area contributed by atoms with E-state index in [1.807, 2.05) is 0 Å². The van der Waals surface area contributed by atoms with Gasteiger partial charge in [-0.3, -0.25) is 14.7 Å². The third-order valence-corrected chi connectivity index (χ3v) is 4.52. The van der Waals surface area contributed by atoms with Gasteiger partial charge in [0.2, 0.25) is 0 Å². The zero-order chi connectivity index (χ0) is 12.4. The van der Waals surface area contributed by atoms with Crippen LogP contribution in [0.5, 0.6) is 0 Å². The minimum atomic E-state index is 0.716. The van der Waals surface area contributed by atoms with Gasteiger partial charge in [0.25, 0.3) is 0 Å². The highest BCUT2D eigenvalue weighted by Crippen LogP contribution is 2.19. The zero-order valence-corrected chi connectivity index (χ0v) is 12.0. The Morgan fingerprint density at radius 3 is 1.82 bits per heavy atom. The molecule has 0 N–H and O–H groups in total. The van der Waals surface area contributed by atoms with Gasteiger partial charge < -0.3 is 0 Å². The molecule has 1 atom stereocenters. The number of nitrogens with zero attached hydrogens (tertiary/aromatic N) is 3. The summed E-state index contributed by atoms with van der Waals surface area (Å²) in [5.74, 6) is 0. The summed E-state index contributed by atoms with van der Waals surface area (Å²) in [6.07, 6.45) is 1.37. The van der Waals surface area contributed by atoms with E-state index < -0.39 is 0 Å². The molecule has 0 aromatic heterocycles. The lowest BCUT2D eigenvalue weighted by atomic mass is 10.1. The lowest BCUT2D eigenvalue weighted by Gasteiger charge is -2.39. The fraction of sp³-hybridized carbons (Fsp3) is 1.00. The van der Waals surface area contributed by atoms with Crippen LogP contribution in [0.3, 0.4) is 0 Å². The SMILES string of the molecule is CC(C)N1CCN(C2CCN(C(C)C)C2)CC1. The van der Waals surface area contributed by atoms with E-state index in [9.17, 15) is 0 Å². The van der Waals surface area contributed by atoms with Gasteiger partial charge in [-0.05, 0) is 34.1 Å². The first-order valence-corrected chi connectivity index (χ1v) is 7.30. The number of hydrogen-bond acceptors (Lipinski definition) is 3. The lowest BCUT2D eigenvalue weighted by molar-refractivity contribution is 0.0786. The van der Waals surface area contributed by atoms with E-state index in [0.717, 1.165) is 12.1 Å². The second-order valence-corrected chi connectivity index (χ2v) is 6.20. The highest BCUT2D eigenvalue weighted by molar-refractivity contribution is 4.87. The van der Waals surface area contributed by atoms with Crippen LogP contribution in [0.2, 0.25) is 0 Å². The van der Waals surface area contributed by atoms with Crippen LogP contribution in [0.25, 0.3) is 0 Å². The monoisotopic (exact) mass is 239 g/mol. The van der Waals surface area contributed by atoms with Gasteiger partial charge in [-0.2, -0.15) is 0 Å². The van der Waals surface area contributed by atoms with E-state index in [2.05, 4.69) is 42.4 Å². The fourth-order valence-electron chi connectivity index (χ4n) is 3.15. The molecule has 0 amide bonds. The number of likely N-dealkylation sites (tertiary alicyclic amines) is 1. The van der Waals surface area contributed by atoms with Gasteiger partial charge in [0.15, 0.2) is 0 Å². The first-order valence-electron chi connectivity index (χ1n) is 7.30. The van der Waals surface area contributed by atoms with E-state index in [4.69, 9.17) is 0 Å². The molecular weight excluding hydrogens is 210 g/mol. The molecule has 2 aliphatic heterocycles. The highest BCUT2D eigenvalue weighted by atomic mass is 15.3. The maximum atomic E-state index is 2.72. The van der Waals surface area contributed by atoms with Crippen molar-refractivity contribution in [1.82, 2.24) is 14.7 Å². The predicted octanol–water partition coefficient (Wildman–Crippen LogP) is 1.50. The van der Waals surface area contributed by atoms with Crippen LogP contribution in [0.15, 0.2) is 0 Å². The Bertz CT molecular complexity index is 232. The minimum absolute atomic E-state index is 0.716. The van der Waals surface area contributed by atoms with Gasteiger partial charge >= 0.3 is 0 Å². The van der Waals surface area contributed by atoms with Gasteiger partial charge in [0.1, 0.15) is 0 Å². The average molecular weight is 239 g/mol. The Labute approximate surface area is 107 Å². The second-order valence-electron chi connectivity index (χ2n) is 6.20. The summed E-state index contributed by atoms with van der Waals surface area (Å²) in [6, 6.07) is 2.26. The number of piperazine rings is 1. The van der Waals surface area contributed by atoms with E-state index in [-0.39, 0.29) is 0 Å². The molecule has 2 rings (SSSR count). The predicted molar refractivity (Wildman–Crippen MR) is 73.4 cm³/mol. The van der Waals surface area contributed by atoms with E-state index in [1.165, 1.54) is 45.7 Å². The van der Waals surface area contributed by atoms with Crippen LogP contribution in [0.4, 0.5) is 0 Å². The highest BCUT2D eigenvalue weighted by Gasteiger charge is 2.30. The molecule has 0 saturated carbocycles. The minimum Gasteiger partial charge on any atom is -0.299 e. The Balaban J connectivity index is 1.78. The van der Waals surface area contributed by atoms with Crippen molar-refractivity contribution in [3.63, 3.8) is 0 Å². The van der Waals surface area contributed by atoms with E-state index in [1.54, 1.807) is 0 Å². The smallest absolute Gasteiger partial charge is 0.0236 e. The molecule has 1 unspecified atom stereocenters. The summed E-state index contributed by atoms with van der Waals surface area (Å²) in [7, 11) is 0. The number of hydrogen-bond donors (Lipinski definition) is 0. The molecule has 0 aliphatic carbocycles. The Morgan fingerprint density at radius 2 is 1.35 bits per heavy atom. The molecule has 3 heteroatoms. The molecule has 2 heterocycles. The van der Waals surface area contributed by atoms with Crippen molar-refractivity contribution in [3.8, 4) is 0 Å². The summed E-state index contributed by atoms with van der Waals surface area (Å²) in [4.78, 5) is 7.95. The standard InChI is InChI=1S/C14H29N3/c1-12(2)15-7-9-16(10-8-15)14-5-6-17(11-14)13(3)4/h12-14H,5-11H2,1-4H3. The maximum absolute atomic E-state index is 2.72. The first-order chi connectivity index (χ1) is 8.08. The topological polar surface area (TPSA) is 9.72 Å². The van der Waals surface area contributed by atoms with Gasteiger partial charge in [0, 0.05) is 57.4 Å². The third kappa shape index (κ3) is 3.21. The van der Waals surface area contributed by atoms with Crippen LogP contribution in [-0.4, -0.2) is 72.1 Å². The molecule has 0 aromatic carbocycles. The van der Waals surface area contributed by atoms with Crippen molar-refractivity contribution >= 4 is 0 Å². The Hall–Kier alpha value is -0.120. The summed E-state index contributed by atoms with van der Waals surface area (Å²) in [5.41, 5.74) is 0. The summed E-state index contributed by atoms with van der Waals surface area (Å²) in [5, 5.41) is 0. The van der Waals surface area contributed by atoms with Crippen molar-refractivity contribution in [2.24, 2.45) is 0 Å². The molecule has 2 saturated heterocycles. The number of rotatable bonds is 3. The summed E-state index contributed by atoms with van der Waals surface area (Å²) < 4.78 is 0. The molecule has 2 aliphatic rings. The molecule has 2 fully saturated rings. The quantitative estimate of drug-likeness (QED) is 0.739. The average Bonchev–Trinajstić information content (AvgIpc) is 2.78. The Morgan fingerprint density at radius 1 is 0.765 bits per heavy atom. The van der Waals surface area contributed by atoms with Crippen LogP contribution in [0.1, 0.15) is 34.1 Å². The summed E-state index contributed by atoms with van der Waals surface area (Å²) >= 11 is 0. The van der Waals surface area contributed by atoms with Crippen molar-refractivity contribution in [1.29, 1.82) is 0 Å². The first kappa shape index (κ1) is 13.3. The second kappa shape index (κ2) is 5.68. The van der Waals surface area contributed by atoms with Gasteiger partial charge in [-0.15, -0.1) is 0 Å². The molecular formula is C14H29N3. The molecule has 100 valence electrons. The fourth-order valence-corrected chi connectivity index (χ4v) is 3.15. The molecule has 0 bridgehead atoms. The molecule has 0 spiro atoms. The Kier molecular flexibility index (Phi) is 4.45. The molecule has 3 nitrogen and oxygen atoms in total. The van der Waals surface area contributed by atoms with Crippen molar-refractivity contribution in [2.75, 3.05) is 39.3 Å². The van der Waals surface area contributed by atoms with Crippen LogP contribution < -0.4 is 0 Å². The molecule has 0 radical (unpaired) electrons. The maximum Gasteiger partial charge on any atom is 0.0236 e. The molecule has 0 aromatic rings. The van der Waals surface area contributed by atoms with Gasteiger partial charge in [-0.25, -0.2) is 0 Å². The third-order valence-electron chi connectivity index (χ3n) is 4.52. The lowest BCUT2D eigenvalue weighted by Crippen LogP contribution is -2.52. The van der Waals surface area contributed by atoms with Crippen molar-refractivity contribution < 1.29 is 0 Å². The van der Waals surface area contributed by atoms with Crippen molar-refractivity contribution in [3.05, 3.63) is 0 Å². The van der Waals surface area contributed by atoms with Crippen LogP contribution >= 0.6 is 0 Å².